The van der Waals surface area contributed by atoms with Gasteiger partial charge in [-0.2, -0.15) is 0 Å². The number of phenols is 2. The second kappa shape index (κ2) is 12.0. The van der Waals surface area contributed by atoms with Gasteiger partial charge in [-0.25, -0.2) is 4.79 Å². The fourth-order valence-corrected chi connectivity index (χ4v) is 4.22. The molecule has 0 aliphatic heterocycles. The highest BCUT2D eigenvalue weighted by Gasteiger charge is 2.21. The maximum absolute atomic E-state index is 12.8. The van der Waals surface area contributed by atoms with Gasteiger partial charge < -0.3 is 14.9 Å². The van der Waals surface area contributed by atoms with Crippen molar-refractivity contribution in [2.45, 2.75) is 25.9 Å². The van der Waals surface area contributed by atoms with Crippen LogP contribution in [0.15, 0.2) is 109 Å². The summed E-state index contributed by atoms with van der Waals surface area (Å²) in [5, 5.41) is 21.2. The molecular weight excluding hydrogens is 492 g/mol. The molecule has 0 aromatic heterocycles. The SMILES string of the molecule is C=C(C)C(=O)OC(Cc1ccc(C(=O)c2ccccc2)c(O)c1)Cc1ccc(C(=O)c2ccccc2)c(O)c1. The Morgan fingerprint density at radius 3 is 1.46 bits per heavy atom. The van der Waals surface area contributed by atoms with E-state index in [0.29, 0.717) is 22.3 Å². The van der Waals surface area contributed by atoms with Gasteiger partial charge in [0.2, 0.25) is 0 Å². The Morgan fingerprint density at radius 1 is 0.692 bits per heavy atom. The van der Waals surface area contributed by atoms with Crippen LogP contribution in [0.1, 0.15) is 49.9 Å². The lowest BCUT2D eigenvalue weighted by molar-refractivity contribution is -0.144. The van der Waals surface area contributed by atoms with Crippen LogP contribution in [0.2, 0.25) is 0 Å². The minimum Gasteiger partial charge on any atom is -0.507 e. The minimum atomic E-state index is -0.667. The highest BCUT2D eigenvalue weighted by molar-refractivity contribution is 6.11. The van der Waals surface area contributed by atoms with E-state index in [1.165, 1.54) is 12.1 Å². The number of carbonyl (C=O) groups is 3. The number of carbonyl (C=O) groups excluding carboxylic acids is 3. The van der Waals surface area contributed by atoms with Crippen molar-refractivity contribution in [1.82, 2.24) is 0 Å². The van der Waals surface area contributed by atoms with E-state index >= 15 is 0 Å². The number of rotatable bonds is 10. The van der Waals surface area contributed by atoms with Crippen LogP contribution >= 0.6 is 0 Å². The topological polar surface area (TPSA) is 101 Å². The molecule has 0 amide bonds. The summed E-state index contributed by atoms with van der Waals surface area (Å²) in [5.74, 6) is -1.52. The average molecular weight is 521 g/mol. The van der Waals surface area contributed by atoms with E-state index in [1.54, 1.807) is 91.9 Å². The van der Waals surface area contributed by atoms with Crippen LogP contribution in [-0.4, -0.2) is 33.9 Å². The van der Waals surface area contributed by atoms with Gasteiger partial charge in [0, 0.05) is 29.5 Å². The first-order valence-corrected chi connectivity index (χ1v) is 12.4. The van der Waals surface area contributed by atoms with Crippen LogP contribution in [0.3, 0.4) is 0 Å². The predicted molar refractivity (Wildman–Crippen MR) is 148 cm³/mol. The van der Waals surface area contributed by atoms with Crippen LogP contribution in [0.5, 0.6) is 11.5 Å². The summed E-state index contributed by atoms with van der Waals surface area (Å²) in [6.45, 7) is 5.19. The van der Waals surface area contributed by atoms with E-state index in [4.69, 9.17) is 4.74 Å². The monoisotopic (exact) mass is 520 g/mol. The lowest BCUT2D eigenvalue weighted by Gasteiger charge is -2.19. The Kier molecular flexibility index (Phi) is 8.37. The molecule has 4 aromatic carbocycles. The van der Waals surface area contributed by atoms with E-state index in [-0.39, 0.29) is 52.6 Å². The van der Waals surface area contributed by atoms with Crippen molar-refractivity contribution in [3.05, 3.63) is 143 Å². The molecule has 0 bridgehead atoms. The summed E-state index contributed by atoms with van der Waals surface area (Å²) in [7, 11) is 0. The first kappa shape index (κ1) is 27.1. The summed E-state index contributed by atoms with van der Waals surface area (Å²) in [4.78, 5) is 37.9. The van der Waals surface area contributed by atoms with Gasteiger partial charge in [0.1, 0.15) is 17.6 Å². The maximum atomic E-state index is 12.8. The highest BCUT2D eigenvalue weighted by atomic mass is 16.5. The number of aromatic hydroxyl groups is 2. The molecule has 196 valence electrons. The standard InChI is InChI=1S/C33H28O6/c1-21(2)33(38)39-26(17-22-13-15-27(29(34)19-22)31(36)24-9-5-3-6-10-24)18-23-14-16-28(30(35)20-23)32(37)25-11-7-4-8-12-25/h3-16,19-20,26,34-35H,1,17-18H2,2H3. The minimum absolute atomic E-state index is 0.170. The molecule has 4 aromatic rings. The largest absolute Gasteiger partial charge is 0.507 e. The molecule has 0 aliphatic rings. The van der Waals surface area contributed by atoms with Crippen LogP contribution in [-0.2, 0) is 22.4 Å². The molecule has 0 saturated heterocycles. The normalized spacial score (nSPS) is 10.7. The summed E-state index contributed by atoms with van der Waals surface area (Å²) in [5.41, 5.74) is 2.80. The van der Waals surface area contributed by atoms with E-state index in [2.05, 4.69) is 6.58 Å². The van der Waals surface area contributed by atoms with Gasteiger partial charge in [0.25, 0.3) is 0 Å². The van der Waals surface area contributed by atoms with Gasteiger partial charge in [-0.15, -0.1) is 0 Å². The maximum Gasteiger partial charge on any atom is 0.333 e. The van der Waals surface area contributed by atoms with Crippen molar-refractivity contribution >= 4 is 17.5 Å². The molecule has 0 fully saturated rings. The third-order valence-corrected chi connectivity index (χ3v) is 6.23. The van der Waals surface area contributed by atoms with Crippen molar-refractivity contribution in [1.29, 1.82) is 0 Å². The van der Waals surface area contributed by atoms with Crippen LogP contribution in [0.25, 0.3) is 0 Å². The number of esters is 1. The quantitative estimate of drug-likeness (QED) is 0.155. The number of phenolic OH excluding ortho intramolecular Hbond substituents is 2. The predicted octanol–water partition coefficient (Wildman–Crippen LogP) is 5.83. The second-order valence-electron chi connectivity index (χ2n) is 9.31. The molecule has 0 saturated carbocycles. The van der Waals surface area contributed by atoms with Crippen molar-refractivity contribution in [3.63, 3.8) is 0 Å². The van der Waals surface area contributed by atoms with Gasteiger partial charge in [-0.05, 0) is 42.3 Å². The van der Waals surface area contributed by atoms with Crippen LogP contribution in [0, 0.1) is 0 Å². The summed E-state index contributed by atoms with van der Waals surface area (Å²) in [6.07, 6.45) is -0.199. The van der Waals surface area contributed by atoms with Crippen molar-refractivity contribution in [3.8, 4) is 11.5 Å². The number of ether oxygens (including phenoxy) is 1. The van der Waals surface area contributed by atoms with Gasteiger partial charge >= 0.3 is 5.97 Å². The molecule has 0 spiro atoms. The zero-order chi connectivity index (χ0) is 27.9. The Hall–Kier alpha value is -4.97. The molecule has 39 heavy (non-hydrogen) atoms. The highest BCUT2D eigenvalue weighted by Crippen LogP contribution is 2.26. The fourth-order valence-electron chi connectivity index (χ4n) is 4.22. The second-order valence-corrected chi connectivity index (χ2v) is 9.31. The number of benzene rings is 4. The van der Waals surface area contributed by atoms with Gasteiger partial charge in [-0.3, -0.25) is 9.59 Å². The van der Waals surface area contributed by atoms with E-state index in [0.717, 1.165) is 0 Å². The third-order valence-electron chi connectivity index (χ3n) is 6.23. The fraction of sp³-hybridized carbons (Fsp3) is 0.121. The molecule has 2 N–H and O–H groups in total. The van der Waals surface area contributed by atoms with E-state index in [9.17, 15) is 24.6 Å². The average Bonchev–Trinajstić information content (AvgIpc) is 2.93. The molecule has 4 rings (SSSR count). The van der Waals surface area contributed by atoms with Gasteiger partial charge in [0.15, 0.2) is 11.6 Å². The molecule has 6 nitrogen and oxygen atoms in total. The molecule has 0 heterocycles. The van der Waals surface area contributed by atoms with Crippen molar-refractivity contribution in [2.24, 2.45) is 0 Å². The van der Waals surface area contributed by atoms with Crippen molar-refractivity contribution in [2.75, 3.05) is 0 Å². The smallest absolute Gasteiger partial charge is 0.333 e. The van der Waals surface area contributed by atoms with Gasteiger partial charge in [0.05, 0.1) is 11.1 Å². The number of ketones is 2. The van der Waals surface area contributed by atoms with E-state index < -0.39 is 12.1 Å². The van der Waals surface area contributed by atoms with Crippen LogP contribution < -0.4 is 0 Å². The molecule has 0 unspecified atom stereocenters. The Morgan fingerprint density at radius 2 is 1.10 bits per heavy atom. The number of hydrogen-bond donors (Lipinski definition) is 2. The van der Waals surface area contributed by atoms with Gasteiger partial charge in [-0.1, -0.05) is 79.4 Å². The first-order chi connectivity index (χ1) is 18.7. The van der Waals surface area contributed by atoms with Crippen LogP contribution in [0.4, 0.5) is 0 Å². The molecular formula is C33H28O6. The third kappa shape index (κ3) is 6.67. The molecule has 6 heteroatoms. The zero-order valence-electron chi connectivity index (χ0n) is 21.5. The molecule has 0 radical (unpaired) electrons. The summed E-state index contributed by atoms with van der Waals surface area (Å²) >= 11 is 0. The van der Waals surface area contributed by atoms with E-state index in [1.807, 2.05) is 0 Å². The Balaban J connectivity index is 1.54. The van der Waals surface area contributed by atoms with Crippen molar-refractivity contribution < 1.29 is 29.3 Å². The Bertz CT molecular complexity index is 1420. The molecule has 0 aliphatic carbocycles. The lowest BCUT2D eigenvalue weighted by Crippen LogP contribution is -2.23. The summed E-state index contributed by atoms with van der Waals surface area (Å²) < 4.78 is 5.66. The lowest BCUT2D eigenvalue weighted by atomic mass is 9.95. The first-order valence-electron chi connectivity index (χ1n) is 12.4. The molecule has 0 atom stereocenters. The summed E-state index contributed by atoms with van der Waals surface area (Å²) in [6, 6.07) is 26.8. The number of hydrogen-bond acceptors (Lipinski definition) is 6. The Labute approximate surface area is 226 Å². The zero-order valence-corrected chi connectivity index (χ0v) is 21.5.